The van der Waals surface area contributed by atoms with Crippen LogP contribution in [0.1, 0.15) is 37.5 Å². The third kappa shape index (κ3) is 4.85. The average Bonchev–Trinajstić information content (AvgIpc) is 3.19. The molecule has 7 heteroatoms. The highest BCUT2D eigenvalue weighted by Gasteiger charge is 2.42. The minimum Gasteiger partial charge on any atom is -0.354 e. The Kier molecular flexibility index (Phi) is 6.49. The van der Waals surface area contributed by atoms with Crippen LogP contribution in [0.2, 0.25) is 0 Å². The molecule has 1 atom stereocenters. The van der Waals surface area contributed by atoms with Crippen LogP contribution < -0.4 is 9.62 Å². The summed E-state index contributed by atoms with van der Waals surface area (Å²) in [7, 11) is -4.05. The fraction of sp³-hybridized carbons (Fsp3) is 0.296. The molecule has 1 amide bonds. The van der Waals surface area contributed by atoms with Crippen molar-refractivity contribution < 1.29 is 17.6 Å². The molecular weight excluding hydrogens is 451 g/mol. The number of fused-ring (bicyclic) bond motifs is 1. The molecule has 4 rings (SSSR count). The molecule has 1 aliphatic rings. The van der Waals surface area contributed by atoms with Gasteiger partial charge in [-0.3, -0.25) is 9.10 Å². The Morgan fingerprint density at radius 2 is 1.71 bits per heavy atom. The first-order valence-electron chi connectivity index (χ1n) is 11.3. The van der Waals surface area contributed by atoms with Crippen molar-refractivity contribution in [3.05, 3.63) is 95.3 Å². The molecule has 1 unspecified atom stereocenters. The minimum atomic E-state index is -4.05. The lowest BCUT2D eigenvalue weighted by Gasteiger charge is -2.27. The topological polar surface area (TPSA) is 66.5 Å². The third-order valence-corrected chi connectivity index (χ3v) is 7.95. The summed E-state index contributed by atoms with van der Waals surface area (Å²) in [5.74, 6) is -0.863. The highest BCUT2D eigenvalue weighted by Crippen LogP contribution is 2.37. The molecule has 0 aromatic heterocycles. The number of halogens is 1. The van der Waals surface area contributed by atoms with Crippen LogP contribution in [-0.4, -0.2) is 26.9 Å². The van der Waals surface area contributed by atoms with Crippen molar-refractivity contribution in [3.8, 4) is 0 Å². The molecule has 178 valence electrons. The van der Waals surface area contributed by atoms with E-state index < -0.39 is 27.8 Å². The molecule has 1 heterocycles. The van der Waals surface area contributed by atoms with Crippen LogP contribution in [-0.2, 0) is 33.1 Å². The number of carbonyl (C=O) groups excluding carboxylic acids is 1. The maximum absolute atomic E-state index is 13.9. The molecular formula is C27H29FN2O3S. The maximum atomic E-state index is 13.9. The van der Waals surface area contributed by atoms with Gasteiger partial charge >= 0.3 is 0 Å². The van der Waals surface area contributed by atoms with Crippen molar-refractivity contribution in [2.45, 2.75) is 50.0 Å². The van der Waals surface area contributed by atoms with Gasteiger partial charge in [0.1, 0.15) is 11.9 Å². The summed E-state index contributed by atoms with van der Waals surface area (Å²) in [5, 5.41) is 2.87. The van der Waals surface area contributed by atoms with E-state index >= 15 is 0 Å². The zero-order valence-corrected chi connectivity index (χ0v) is 20.4. The van der Waals surface area contributed by atoms with Crippen LogP contribution >= 0.6 is 0 Å². The Morgan fingerprint density at radius 1 is 1.03 bits per heavy atom. The van der Waals surface area contributed by atoms with E-state index in [-0.39, 0.29) is 16.7 Å². The molecule has 1 aliphatic heterocycles. The normalized spacial score (nSPS) is 15.8. The monoisotopic (exact) mass is 480 g/mol. The highest BCUT2D eigenvalue weighted by atomic mass is 32.2. The smallest absolute Gasteiger partial charge is 0.265 e. The van der Waals surface area contributed by atoms with E-state index in [1.165, 1.54) is 18.2 Å². The first kappa shape index (κ1) is 24.0. The molecule has 3 aromatic carbocycles. The minimum absolute atomic E-state index is 0.0970. The summed E-state index contributed by atoms with van der Waals surface area (Å²) in [6.45, 7) is 6.53. The van der Waals surface area contributed by atoms with Gasteiger partial charge in [-0.25, -0.2) is 12.8 Å². The summed E-state index contributed by atoms with van der Waals surface area (Å²) in [6.07, 6.45) is 0.742. The van der Waals surface area contributed by atoms with Gasteiger partial charge < -0.3 is 5.32 Å². The van der Waals surface area contributed by atoms with Crippen LogP contribution in [0.3, 0.4) is 0 Å². The van der Waals surface area contributed by atoms with Gasteiger partial charge in [0.05, 0.1) is 10.6 Å². The van der Waals surface area contributed by atoms with Gasteiger partial charge in [-0.15, -0.1) is 0 Å². The third-order valence-electron chi connectivity index (χ3n) is 6.11. The lowest BCUT2D eigenvalue weighted by atomic mass is 9.87. The van der Waals surface area contributed by atoms with Crippen molar-refractivity contribution >= 4 is 21.6 Å². The first-order valence-corrected chi connectivity index (χ1v) is 12.8. The van der Waals surface area contributed by atoms with Gasteiger partial charge in [-0.05, 0) is 58.9 Å². The Bertz CT molecular complexity index is 1280. The van der Waals surface area contributed by atoms with Crippen LogP contribution in [0.4, 0.5) is 10.1 Å². The molecule has 5 nitrogen and oxygen atoms in total. The fourth-order valence-electron chi connectivity index (χ4n) is 4.22. The first-order chi connectivity index (χ1) is 16.1. The second-order valence-electron chi connectivity index (χ2n) is 9.59. The SMILES string of the molecule is CC(C)(C)c1ccc(S(=O)(=O)N2c3ccc(F)cc3CC2C(=O)NCCc2ccccc2)cc1. The Balaban J connectivity index is 1.62. The Hall–Kier alpha value is -3.19. The molecule has 3 aromatic rings. The van der Waals surface area contributed by atoms with Gasteiger partial charge in [0, 0.05) is 13.0 Å². The molecule has 1 N–H and O–H groups in total. The predicted octanol–water partition coefficient (Wildman–Crippen LogP) is 4.60. The number of anilines is 1. The molecule has 0 radical (unpaired) electrons. The van der Waals surface area contributed by atoms with Crippen molar-refractivity contribution in [1.82, 2.24) is 5.32 Å². The number of nitrogens with one attached hydrogen (secondary N) is 1. The number of carbonyl (C=O) groups is 1. The van der Waals surface area contributed by atoms with Crippen molar-refractivity contribution in [2.24, 2.45) is 0 Å². The summed E-state index contributed by atoms with van der Waals surface area (Å²) in [4.78, 5) is 13.2. The molecule has 0 spiro atoms. The van der Waals surface area contributed by atoms with Crippen molar-refractivity contribution in [3.63, 3.8) is 0 Å². The van der Waals surface area contributed by atoms with Crippen LogP contribution in [0, 0.1) is 5.82 Å². The number of amides is 1. The molecule has 0 fully saturated rings. The van der Waals surface area contributed by atoms with Gasteiger partial charge in [-0.1, -0.05) is 63.2 Å². The summed E-state index contributed by atoms with van der Waals surface area (Å²) >= 11 is 0. The van der Waals surface area contributed by atoms with Crippen molar-refractivity contribution in [2.75, 3.05) is 10.8 Å². The predicted molar refractivity (Wildman–Crippen MR) is 132 cm³/mol. The van der Waals surface area contributed by atoms with E-state index in [9.17, 15) is 17.6 Å². The van der Waals surface area contributed by atoms with E-state index in [0.29, 0.717) is 24.2 Å². The molecule has 0 saturated heterocycles. The van der Waals surface area contributed by atoms with E-state index in [4.69, 9.17) is 0 Å². The van der Waals surface area contributed by atoms with Gasteiger partial charge in [0.25, 0.3) is 10.0 Å². The molecule has 0 aliphatic carbocycles. The van der Waals surface area contributed by atoms with Crippen LogP contribution in [0.25, 0.3) is 0 Å². The Morgan fingerprint density at radius 3 is 2.35 bits per heavy atom. The lowest BCUT2D eigenvalue weighted by Crippen LogP contribution is -2.48. The van der Waals surface area contributed by atoms with Gasteiger partial charge in [0.15, 0.2) is 0 Å². The number of sulfonamides is 1. The summed E-state index contributed by atoms with van der Waals surface area (Å²) < 4.78 is 42.5. The van der Waals surface area contributed by atoms with E-state index in [0.717, 1.165) is 15.4 Å². The van der Waals surface area contributed by atoms with Crippen LogP contribution in [0.5, 0.6) is 0 Å². The second-order valence-corrected chi connectivity index (χ2v) is 11.4. The summed E-state index contributed by atoms with van der Waals surface area (Å²) in [5.41, 5.74) is 2.79. The quantitative estimate of drug-likeness (QED) is 0.561. The number of nitrogens with zero attached hydrogens (tertiary/aromatic N) is 1. The lowest BCUT2D eigenvalue weighted by molar-refractivity contribution is -0.122. The van der Waals surface area contributed by atoms with Crippen LogP contribution in [0.15, 0.2) is 77.7 Å². The fourth-order valence-corrected chi connectivity index (χ4v) is 5.87. The highest BCUT2D eigenvalue weighted by molar-refractivity contribution is 7.93. The average molecular weight is 481 g/mol. The summed E-state index contributed by atoms with van der Waals surface area (Å²) in [6, 6.07) is 19.4. The standard InChI is InChI=1S/C27H29FN2O3S/c1-27(2,3)21-9-12-23(13-10-21)34(32,33)30-24-14-11-22(28)17-20(24)18-25(30)26(31)29-16-15-19-7-5-4-6-8-19/h4-14,17,25H,15-16,18H2,1-3H3,(H,29,31). The number of hydrogen-bond acceptors (Lipinski definition) is 3. The van der Waals surface area contributed by atoms with E-state index in [2.05, 4.69) is 26.1 Å². The van der Waals surface area contributed by atoms with Crippen molar-refractivity contribution in [1.29, 1.82) is 0 Å². The van der Waals surface area contributed by atoms with Gasteiger partial charge in [-0.2, -0.15) is 0 Å². The zero-order valence-electron chi connectivity index (χ0n) is 19.6. The molecule has 0 saturated carbocycles. The number of rotatable bonds is 6. The second kappa shape index (κ2) is 9.22. The number of benzene rings is 3. The largest absolute Gasteiger partial charge is 0.354 e. The molecule has 0 bridgehead atoms. The van der Waals surface area contributed by atoms with E-state index in [1.807, 2.05) is 30.3 Å². The van der Waals surface area contributed by atoms with E-state index in [1.54, 1.807) is 24.3 Å². The molecule has 34 heavy (non-hydrogen) atoms. The maximum Gasteiger partial charge on any atom is 0.265 e. The Labute approximate surface area is 200 Å². The zero-order chi connectivity index (χ0) is 24.5. The number of hydrogen-bond donors (Lipinski definition) is 1. The van der Waals surface area contributed by atoms with Gasteiger partial charge in [0.2, 0.25) is 5.91 Å².